The van der Waals surface area contributed by atoms with E-state index >= 15 is 0 Å². The maximum absolute atomic E-state index is 11.1. The quantitative estimate of drug-likeness (QED) is 0.611. The summed E-state index contributed by atoms with van der Waals surface area (Å²) < 4.78 is 0. The zero-order valence-corrected chi connectivity index (χ0v) is 15.3. The maximum Gasteiger partial charge on any atom is 0.285 e. The molecule has 0 aliphatic carbocycles. The van der Waals surface area contributed by atoms with Crippen LogP contribution < -0.4 is 10.2 Å². The molecule has 0 amide bonds. The Balaban J connectivity index is 1.90. The molecule has 0 bridgehead atoms. The molecule has 1 heterocycles. The number of nitrogens with zero attached hydrogens (tertiary/aromatic N) is 2. The second-order valence-electron chi connectivity index (χ2n) is 6.66. The Kier molecular flexibility index (Phi) is 5.07. The molecule has 5 nitrogen and oxygen atoms in total. The van der Waals surface area contributed by atoms with E-state index in [-0.39, 0.29) is 16.7 Å². The summed E-state index contributed by atoms with van der Waals surface area (Å²) in [6.07, 6.45) is 4.95. The van der Waals surface area contributed by atoms with Crippen LogP contribution in [0.2, 0.25) is 0 Å². The first-order chi connectivity index (χ1) is 12.4. The molecule has 1 aliphatic rings. The number of hydrogen-bond donors (Lipinski definition) is 1. The Labute approximate surface area is 153 Å². The van der Waals surface area contributed by atoms with Gasteiger partial charge in [0.05, 0.1) is 22.5 Å². The Morgan fingerprint density at radius 1 is 1.12 bits per heavy atom. The summed E-state index contributed by atoms with van der Waals surface area (Å²) in [6.45, 7) is 6.84. The second-order valence-corrected chi connectivity index (χ2v) is 6.66. The van der Waals surface area contributed by atoms with Crippen LogP contribution in [-0.2, 0) is 0 Å². The molecule has 26 heavy (non-hydrogen) atoms. The molecule has 0 fully saturated rings. The van der Waals surface area contributed by atoms with Crippen LogP contribution in [0.25, 0.3) is 0 Å². The highest BCUT2D eigenvalue weighted by Crippen LogP contribution is 2.32. The van der Waals surface area contributed by atoms with E-state index in [1.165, 1.54) is 11.1 Å². The fraction of sp³-hybridized carbons (Fsp3) is 0.238. The molecule has 2 aromatic carbocycles. The number of nitro groups is 1. The van der Waals surface area contributed by atoms with Crippen molar-refractivity contribution in [2.45, 2.75) is 26.8 Å². The van der Waals surface area contributed by atoms with Crippen LogP contribution in [0.4, 0.5) is 11.4 Å². The van der Waals surface area contributed by atoms with Crippen LogP contribution in [0.3, 0.4) is 0 Å². The van der Waals surface area contributed by atoms with Crippen molar-refractivity contribution in [2.24, 2.45) is 0 Å². The fourth-order valence-corrected chi connectivity index (χ4v) is 3.01. The van der Waals surface area contributed by atoms with Crippen LogP contribution in [0.1, 0.15) is 29.7 Å². The Hall–Kier alpha value is -3.08. The van der Waals surface area contributed by atoms with Crippen molar-refractivity contribution < 1.29 is 4.92 Å². The lowest BCUT2D eigenvalue weighted by Gasteiger charge is -2.26. The van der Waals surface area contributed by atoms with Crippen molar-refractivity contribution >= 4 is 11.4 Å². The number of rotatable bonds is 5. The Morgan fingerprint density at radius 2 is 1.81 bits per heavy atom. The Bertz CT molecular complexity index is 869. The molecular formula is C21H23N3O2. The van der Waals surface area contributed by atoms with Gasteiger partial charge in [0.2, 0.25) is 0 Å². The van der Waals surface area contributed by atoms with Gasteiger partial charge in [-0.1, -0.05) is 42.0 Å². The largest absolute Gasteiger partial charge is 0.377 e. The van der Waals surface area contributed by atoms with Gasteiger partial charge in [-0.25, -0.2) is 0 Å². The SMILES string of the molecule is Cc1ccc(C(C)Nc2cc(C)ccc2N2C=C([N+](=O)[O-])C=CC2)cc1. The highest BCUT2D eigenvalue weighted by Gasteiger charge is 2.18. The van der Waals surface area contributed by atoms with Crippen LogP contribution >= 0.6 is 0 Å². The van der Waals surface area contributed by atoms with Gasteiger partial charge in [-0.3, -0.25) is 10.1 Å². The molecule has 1 aliphatic heterocycles. The summed E-state index contributed by atoms with van der Waals surface area (Å²) in [5, 5.41) is 14.7. The Morgan fingerprint density at radius 3 is 2.50 bits per heavy atom. The van der Waals surface area contributed by atoms with Gasteiger partial charge in [0.15, 0.2) is 0 Å². The second kappa shape index (κ2) is 7.44. The third-order valence-electron chi connectivity index (χ3n) is 4.50. The van der Waals surface area contributed by atoms with E-state index in [9.17, 15) is 10.1 Å². The zero-order valence-electron chi connectivity index (χ0n) is 15.3. The summed E-state index contributed by atoms with van der Waals surface area (Å²) in [5.41, 5.74) is 5.55. The minimum atomic E-state index is -0.362. The molecule has 0 spiro atoms. The molecular weight excluding hydrogens is 326 g/mol. The lowest BCUT2D eigenvalue weighted by atomic mass is 10.1. The third-order valence-corrected chi connectivity index (χ3v) is 4.50. The van der Waals surface area contributed by atoms with Crippen LogP contribution in [0.5, 0.6) is 0 Å². The number of hydrogen-bond acceptors (Lipinski definition) is 4. The average Bonchev–Trinajstić information content (AvgIpc) is 2.62. The van der Waals surface area contributed by atoms with E-state index in [0.29, 0.717) is 6.54 Å². The lowest BCUT2D eigenvalue weighted by Crippen LogP contribution is -2.22. The van der Waals surface area contributed by atoms with Gasteiger partial charge in [-0.2, -0.15) is 0 Å². The van der Waals surface area contributed by atoms with Gasteiger partial charge in [0, 0.05) is 18.7 Å². The number of nitrogens with one attached hydrogen (secondary N) is 1. The number of allylic oxidation sites excluding steroid dienone is 1. The third kappa shape index (κ3) is 3.94. The number of benzene rings is 2. The monoisotopic (exact) mass is 349 g/mol. The van der Waals surface area contributed by atoms with Crippen molar-refractivity contribution in [3.05, 3.63) is 93.3 Å². The predicted octanol–water partition coefficient (Wildman–Crippen LogP) is 4.97. The predicted molar refractivity (Wildman–Crippen MR) is 106 cm³/mol. The molecule has 0 saturated carbocycles. The highest BCUT2D eigenvalue weighted by molar-refractivity contribution is 5.73. The summed E-state index contributed by atoms with van der Waals surface area (Å²) in [7, 11) is 0. The van der Waals surface area contributed by atoms with Crippen LogP contribution in [0.15, 0.2) is 66.5 Å². The van der Waals surface area contributed by atoms with Gasteiger partial charge in [0.1, 0.15) is 0 Å². The minimum absolute atomic E-state index is 0.0920. The first kappa shape index (κ1) is 17.7. The van der Waals surface area contributed by atoms with Crippen LogP contribution in [-0.4, -0.2) is 11.5 Å². The van der Waals surface area contributed by atoms with E-state index in [2.05, 4.69) is 49.5 Å². The van der Waals surface area contributed by atoms with E-state index in [1.54, 1.807) is 12.3 Å². The first-order valence-electron chi connectivity index (χ1n) is 8.67. The minimum Gasteiger partial charge on any atom is -0.377 e. The summed E-state index contributed by atoms with van der Waals surface area (Å²) in [4.78, 5) is 12.6. The fourth-order valence-electron chi connectivity index (χ4n) is 3.01. The molecule has 1 unspecified atom stereocenters. The zero-order chi connectivity index (χ0) is 18.7. The standard InChI is InChI=1S/C21H23N3O2/c1-15-6-9-18(10-7-15)17(3)22-20-13-16(2)8-11-21(20)23-12-4-5-19(14-23)24(25)26/h4-11,13-14,17,22H,12H2,1-3H3. The van der Waals surface area contributed by atoms with Crippen LogP contribution in [0, 0.1) is 24.0 Å². The molecule has 0 saturated heterocycles. The smallest absolute Gasteiger partial charge is 0.285 e. The summed E-state index contributed by atoms with van der Waals surface area (Å²) in [5.74, 6) is 0. The molecule has 2 aromatic rings. The first-order valence-corrected chi connectivity index (χ1v) is 8.67. The van der Waals surface area contributed by atoms with Crippen molar-refractivity contribution in [1.82, 2.24) is 0 Å². The normalized spacial score (nSPS) is 14.7. The highest BCUT2D eigenvalue weighted by atomic mass is 16.6. The van der Waals surface area contributed by atoms with Gasteiger partial charge in [-0.15, -0.1) is 0 Å². The van der Waals surface area contributed by atoms with Gasteiger partial charge in [-0.05, 0) is 44.0 Å². The van der Waals surface area contributed by atoms with Crippen molar-refractivity contribution in [3.8, 4) is 0 Å². The molecule has 1 N–H and O–H groups in total. The summed E-state index contributed by atoms with van der Waals surface area (Å²) >= 11 is 0. The van der Waals surface area contributed by atoms with Gasteiger partial charge < -0.3 is 10.2 Å². The molecule has 0 aromatic heterocycles. The van der Waals surface area contributed by atoms with Gasteiger partial charge in [0.25, 0.3) is 5.70 Å². The van der Waals surface area contributed by atoms with E-state index < -0.39 is 0 Å². The van der Waals surface area contributed by atoms with Crippen molar-refractivity contribution in [3.63, 3.8) is 0 Å². The van der Waals surface area contributed by atoms with E-state index in [0.717, 1.165) is 16.9 Å². The molecule has 5 heteroatoms. The van der Waals surface area contributed by atoms with Gasteiger partial charge >= 0.3 is 0 Å². The topological polar surface area (TPSA) is 58.4 Å². The van der Waals surface area contributed by atoms with E-state index in [4.69, 9.17) is 0 Å². The molecule has 0 radical (unpaired) electrons. The van der Waals surface area contributed by atoms with E-state index in [1.807, 2.05) is 30.0 Å². The van der Waals surface area contributed by atoms with Crippen molar-refractivity contribution in [2.75, 3.05) is 16.8 Å². The number of anilines is 2. The number of aryl methyl sites for hydroxylation is 2. The molecule has 1 atom stereocenters. The maximum atomic E-state index is 11.1. The average molecular weight is 349 g/mol. The van der Waals surface area contributed by atoms with Crippen molar-refractivity contribution in [1.29, 1.82) is 0 Å². The summed E-state index contributed by atoms with van der Waals surface area (Å²) in [6, 6.07) is 14.7. The molecule has 134 valence electrons. The molecule has 3 rings (SSSR count). The lowest BCUT2D eigenvalue weighted by molar-refractivity contribution is -0.419.